The molecule has 0 saturated carbocycles. The lowest BCUT2D eigenvalue weighted by atomic mass is 10.2. The van der Waals surface area contributed by atoms with Crippen LogP contribution in [0.1, 0.15) is 13.8 Å². The molecule has 0 aromatic heterocycles. The van der Waals surface area contributed by atoms with Crippen molar-refractivity contribution in [3.63, 3.8) is 0 Å². The Morgan fingerprint density at radius 1 is 1.37 bits per heavy atom. The molecule has 1 aromatic carbocycles. The molecule has 1 aromatic rings. The minimum absolute atomic E-state index is 0.0266. The molecule has 2 rings (SSSR count). The third-order valence-corrected chi connectivity index (χ3v) is 5.45. The molecule has 106 valence electrons. The molecule has 0 aliphatic carbocycles. The summed E-state index contributed by atoms with van der Waals surface area (Å²) in [5.41, 5.74) is 0. The molecule has 1 saturated heterocycles. The summed E-state index contributed by atoms with van der Waals surface area (Å²) in [7, 11) is -3.50. The van der Waals surface area contributed by atoms with Crippen LogP contribution in [-0.2, 0) is 10.0 Å². The van der Waals surface area contributed by atoms with Gasteiger partial charge in [0.1, 0.15) is 5.75 Å². The van der Waals surface area contributed by atoms with Crippen molar-refractivity contribution < 1.29 is 13.5 Å². The summed E-state index contributed by atoms with van der Waals surface area (Å²) in [5, 5.41) is 9.42. The smallest absolute Gasteiger partial charge is 0.243 e. The topological polar surface area (TPSA) is 60.9 Å². The second-order valence-electron chi connectivity index (χ2n) is 4.84. The van der Waals surface area contributed by atoms with Crippen LogP contribution in [0, 0.1) is 0 Å². The molecule has 1 N–H and O–H groups in total. The van der Waals surface area contributed by atoms with Crippen LogP contribution in [-0.4, -0.2) is 55.0 Å². The molecular weight excluding hydrogens is 264 g/mol. The Morgan fingerprint density at radius 3 is 2.68 bits per heavy atom. The van der Waals surface area contributed by atoms with E-state index in [0.717, 1.165) is 13.1 Å². The summed E-state index contributed by atoms with van der Waals surface area (Å²) in [6, 6.07) is 6.05. The molecule has 0 spiro atoms. The molecule has 1 fully saturated rings. The number of nitrogens with zero attached hydrogens (tertiary/aromatic N) is 2. The van der Waals surface area contributed by atoms with E-state index in [1.165, 1.54) is 22.5 Å². The average Bonchev–Trinajstić information content (AvgIpc) is 2.38. The van der Waals surface area contributed by atoms with Gasteiger partial charge in [0.05, 0.1) is 4.90 Å². The largest absolute Gasteiger partial charge is 0.508 e. The maximum absolute atomic E-state index is 12.5. The van der Waals surface area contributed by atoms with Gasteiger partial charge in [0.25, 0.3) is 0 Å². The first-order valence-electron chi connectivity index (χ1n) is 6.48. The fourth-order valence-electron chi connectivity index (χ4n) is 2.44. The van der Waals surface area contributed by atoms with E-state index in [1.807, 2.05) is 6.92 Å². The Morgan fingerprint density at radius 2 is 2.11 bits per heavy atom. The SMILES string of the molecule is CCN1CCN(S(=O)(=O)c2cccc(O)c2)CC1C. The fourth-order valence-corrected chi connectivity index (χ4v) is 4.00. The van der Waals surface area contributed by atoms with Gasteiger partial charge >= 0.3 is 0 Å². The van der Waals surface area contributed by atoms with Crippen molar-refractivity contribution in [3.8, 4) is 5.75 Å². The summed E-state index contributed by atoms with van der Waals surface area (Å²) in [6.07, 6.45) is 0. The third kappa shape index (κ3) is 2.91. The lowest BCUT2D eigenvalue weighted by Crippen LogP contribution is -2.53. The lowest BCUT2D eigenvalue weighted by Gasteiger charge is -2.38. The zero-order chi connectivity index (χ0) is 14.0. The normalized spacial score (nSPS) is 22.5. The maximum Gasteiger partial charge on any atom is 0.243 e. The van der Waals surface area contributed by atoms with Gasteiger partial charge in [-0.15, -0.1) is 0 Å². The van der Waals surface area contributed by atoms with Gasteiger partial charge in [-0.25, -0.2) is 8.42 Å². The zero-order valence-corrected chi connectivity index (χ0v) is 12.1. The second kappa shape index (κ2) is 5.48. The summed E-state index contributed by atoms with van der Waals surface area (Å²) in [4.78, 5) is 2.42. The monoisotopic (exact) mass is 284 g/mol. The summed E-state index contributed by atoms with van der Waals surface area (Å²) in [6.45, 7) is 6.78. The Bertz CT molecular complexity index is 545. The number of phenols is 1. The van der Waals surface area contributed by atoms with Crippen LogP contribution in [0.25, 0.3) is 0 Å². The molecule has 1 atom stereocenters. The molecular formula is C13H20N2O3S. The van der Waals surface area contributed by atoms with Crippen molar-refractivity contribution in [1.82, 2.24) is 9.21 Å². The molecule has 5 nitrogen and oxygen atoms in total. The Kier molecular flexibility index (Phi) is 4.13. The van der Waals surface area contributed by atoms with Gasteiger partial charge < -0.3 is 5.11 Å². The Labute approximate surface area is 114 Å². The van der Waals surface area contributed by atoms with Crippen LogP contribution in [0.3, 0.4) is 0 Å². The Hall–Kier alpha value is -1.11. The number of sulfonamides is 1. The van der Waals surface area contributed by atoms with Gasteiger partial charge in [0, 0.05) is 25.7 Å². The molecule has 0 amide bonds. The molecule has 6 heteroatoms. The highest BCUT2D eigenvalue weighted by Crippen LogP contribution is 2.22. The highest BCUT2D eigenvalue weighted by Gasteiger charge is 2.31. The van der Waals surface area contributed by atoms with Gasteiger partial charge in [-0.3, -0.25) is 4.90 Å². The van der Waals surface area contributed by atoms with E-state index in [-0.39, 0.29) is 16.7 Å². The lowest BCUT2D eigenvalue weighted by molar-refractivity contribution is 0.135. The second-order valence-corrected chi connectivity index (χ2v) is 6.78. The summed E-state index contributed by atoms with van der Waals surface area (Å²) >= 11 is 0. The highest BCUT2D eigenvalue weighted by molar-refractivity contribution is 7.89. The average molecular weight is 284 g/mol. The van der Waals surface area contributed by atoms with Crippen molar-refractivity contribution >= 4 is 10.0 Å². The minimum Gasteiger partial charge on any atom is -0.508 e. The minimum atomic E-state index is -3.50. The first-order valence-corrected chi connectivity index (χ1v) is 7.92. The fraction of sp³-hybridized carbons (Fsp3) is 0.538. The number of hydrogen-bond donors (Lipinski definition) is 1. The van der Waals surface area contributed by atoms with Crippen molar-refractivity contribution in [1.29, 1.82) is 0 Å². The molecule has 1 heterocycles. The predicted octanol–water partition coefficient (Wildman–Crippen LogP) is 1.11. The number of likely N-dealkylation sites (N-methyl/N-ethyl adjacent to an activating group) is 1. The number of phenolic OH excluding ortho intramolecular Hbond substituents is 1. The summed E-state index contributed by atoms with van der Waals surface area (Å²) < 4.78 is 26.5. The van der Waals surface area contributed by atoms with Gasteiger partial charge in [0.15, 0.2) is 0 Å². The predicted molar refractivity (Wildman–Crippen MR) is 73.6 cm³/mol. The van der Waals surface area contributed by atoms with Crippen LogP contribution in [0.2, 0.25) is 0 Å². The van der Waals surface area contributed by atoms with Gasteiger partial charge in [0.2, 0.25) is 10.0 Å². The first kappa shape index (κ1) is 14.3. The Balaban J connectivity index is 2.22. The maximum atomic E-state index is 12.5. The number of aromatic hydroxyl groups is 1. The first-order chi connectivity index (χ1) is 8.95. The standard InChI is InChI=1S/C13H20N2O3S/c1-3-14-7-8-15(10-11(14)2)19(17,18)13-6-4-5-12(16)9-13/h4-6,9,11,16H,3,7-8,10H2,1-2H3. The molecule has 0 radical (unpaired) electrons. The number of hydrogen-bond acceptors (Lipinski definition) is 4. The van der Waals surface area contributed by atoms with Crippen molar-refractivity contribution in [2.24, 2.45) is 0 Å². The quantitative estimate of drug-likeness (QED) is 0.903. The van der Waals surface area contributed by atoms with Crippen LogP contribution in [0.4, 0.5) is 0 Å². The van der Waals surface area contributed by atoms with E-state index < -0.39 is 10.0 Å². The van der Waals surface area contributed by atoms with Gasteiger partial charge in [-0.05, 0) is 31.7 Å². The van der Waals surface area contributed by atoms with E-state index in [0.29, 0.717) is 13.1 Å². The van der Waals surface area contributed by atoms with Crippen LogP contribution in [0.15, 0.2) is 29.2 Å². The highest BCUT2D eigenvalue weighted by atomic mass is 32.2. The molecule has 1 unspecified atom stereocenters. The van der Waals surface area contributed by atoms with Gasteiger partial charge in [-0.2, -0.15) is 4.31 Å². The molecule has 1 aliphatic heterocycles. The third-order valence-electron chi connectivity index (χ3n) is 3.59. The van der Waals surface area contributed by atoms with Crippen molar-refractivity contribution in [3.05, 3.63) is 24.3 Å². The number of piperazine rings is 1. The van der Waals surface area contributed by atoms with E-state index in [9.17, 15) is 13.5 Å². The molecule has 0 bridgehead atoms. The van der Waals surface area contributed by atoms with Gasteiger partial charge in [-0.1, -0.05) is 13.0 Å². The van der Waals surface area contributed by atoms with Crippen molar-refractivity contribution in [2.45, 2.75) is 24.8 Å². The van der Waals surface area contributed by atoms with E-state index in [1.54, 1.807) is 6.07 Å². The molecule has 19 heavy (non-hydrogen) atoms. The van der Waals surface area contributed by atoms with Crippen LogP contribution < -0.4 is 0 Å². The number of benzene rings is 1. The molecule has 1 aliphatic rings. The summed E-state index contributed by atoms with van der Waals surface area (Å²) in [5.74, 6) is -0.0266. The zero-order valence-electron chi connectivity index (χ0n) is 11.3. The number of rotatable bonds is 3. The van der Waals surface area contributed by atoms with Crippen LogP contribution >= 0.6 is 0 Å². The van der Waals surface area contributed by atoms with E-state index in [2.05, 4.69) is 11.8 Å². The van der Waals surface area contributed by atoms with E-state index in [4.69, 9.17) is 0 Å². The van der Waals surface area contributed by atoms with Crippen molar-refractivity contribution in [2.75, 3.05) is 26.2 Å². The van der Waals surface area contributed by atoms with E-state index >= 15 is 0 Å². The van der Waals surface area contributed by atoms with Crippen LogP contribution in [0.5, 0.6) is 5.75 Å².